The smallest absolute Gasteiger partial charge is 0.391 e. The molecule has 1 aromatic carbocycles. The van der Waals surface area contributed by atoms with Gasteiger partial charge in [0.15, 0.2) is 5.82 Å². The van der Waals surface area contributed by atoms with Gasteiger partial charge in [-0.25, -0.2) is 9.18 Å². The predicted molar refractivity (Wildman–Crippen MR) is 70.5 cm³/mol. The Hall–Kier alpha value is -1.62. The number of halogens is 2. The van der Waals surface area contributed by atoms with Crippen molar-refractivity contribution in [1.29, 1.82) is 0 Å². The fourth-order valence-electron chi connectivity index (χ4n) is 1.54. The van der Waals surface area contributed by atoms with Crippen LogP contribution in [0, 0.1) is 12.7 Å². The molecule has 2 aromatic rings. The van der Waals surface area contributed by atoms with Gasteiger partial charge < -0.3 is 4.42 Å². The van der Waals surface area contributed by atoms with Gasteiger partial charge in [0, 0.05) is 10.4 Å². The Balaban J connectivity index is 2.64. The quantitative estimate of drug-likeness (QED) is 0.808. The van der Waals surface area contributed by atoms with E-state index >= 15 is 0 Å². The molecule has 2 rings (SSSR count). The molecule has 0 amide bonds. The van der Waals surface area contributed by atoms with Crippen LogP contribution in [0.3, 0.4) is 0 Å². The molecule has 0 saturated heterocycles. The van der Waals surface area contributed by atoms with Crippen molar-refractivity contribution in [2.75, 3.05) is 0 Å². The van der Waals surface area contributed by atoms with Crippen LogP contribution < -0.4 is 5.76 Å². The Morgan fingerprint density at radius 2 is 2.00 bits per heavy atom. The maximum absolute atomic E-state index is 13.9. The Bertz CT molecular complexity index is 683. The summed E-state index contributed by atoms with van der Waals surface area (Å²) in [6, 6.07) is 2.62. The third-order valence-electron chi connectivity index (χ3n) is 2.65. The molecule has 0 fully saturated rings. The second-order valence-electron chi connectivity index (χ2n) is 5.39. The summed E-state index contributed by atoms with van der Waals surface area (Å²) in [4.78, 5) is 11.8. The molecular formula is C13H14ClFN2O2. The molecule has 0 spiro atoms. The Morgan fingerprint density at radius 3 is 2.53 bits per heavy atom. The first-order valence-corrected chi connectivity index (χ1v) is 6.14. The zero-order chi connectivity index (χ0) is 14.4. The van der Waals surface area contributed by atoms with Crippen LogP contribution in [0.1, 0.15) is 32.2 Å². The van der Waals surface area contributed by atoms with Gasteiger partial charge in [-0.05, 0) is 24.6 Å². The SMILES string of the molecule is Cc1cc(-n2nc(C(C)(C)C)oc2=O)c(F)cc1Cl. The van der Waals surface area contributed by atoms with E-state index in [0.717, 1.165) is 10.7 Å². The number of rotatable bonds is 1. The highest BCUT2D eigenvalue weighted by Crippen LogP contribution is 2.23. The van der Waals surface area contributed by atoms with E-state index in [1.807, 2.05) is 20.8 Å². The van der Waals surface area contributed by atoms with Gasteiger partial charge in [0.1, 0.15) is 5.69 Å². The lowest BCUT2D eigenvalue weighted by molar-refractivity contribution is 0.375. The van der Waals surface area contributed by atoms with Crippen molar-refractivity contribution in [3.63, 3.8) is 0 Å². The highest BCUT2D eigenvalue weighted by Gasteiger charge is 2.24. The van der Waals surface area contributed by atoms with E-state index in [2.05, 4.69) is 5.10 Å². The average Bonchev–Trinajstić information content (AvgIpc) is 2.65. The largest absolute Gasteiger partial charge is 0.442 e. The molecule has 1 aromatic heterocycles. The molecule has 0 atom stereocenters. The van der Waals surface area contributed by atoms with Crippen LogP contribution in [0.25, 0.3) is 5.69 Å². The minimum atomic E-state index is -0.717. The molecule has 102 valence electrons. The Labute approximate surface area is 114 Å². The first-order chi connectivity index (χ1) is 8.70. The highest BCUT2D eigenvalue weighted by atomic mass is 35.5. The Kier molecular flexibility index (Phi) is 3.26. The lowest BCUT2D eigenvalue weighted by atomic mass is 9.97. The minimum absolute atomic E-state index is 0.0335. The van der Waals surface area contributed by atoms with Crippen LogP contribution in [0.2, 0.25) is 5.02 Å². The molecule has 0 saturated carbocycles. The van der Waals surface area contributed by atoms with Crippen LogP contribution >= 0.6 is 11.6 Å². The normalized spacial score (nSPS) is 11.9. The molecule has 19 heavy (non-hydrogen) atoms. The van der Waals surface area contributed by atoms with Gasteiger partial charge in [0.2, 0.25) is 5.89 Å². The number of aryl methyl sites for hydroxylation is 1. The maximum atomic E-state index is 13.9. The molecule has 0 bridgehead atoms. The van der Waals surface area contributed by atoms with Gasteiger partial charge in [0.25, 0.3) is 0 Å². The van der Waals surface area contributed by atoms with Crippen LogP contribution in [-0.4, -0.2) is 9.78 Å². The minimum Gasteiger partial charge on any atom is -0.391 e. The number of aromatic nitrogens is 2. The first-order valence-electron chi connectivity index (χ1n) is 5.77. The molecule has 0 radical (unpaired) electrons. The lowest BCUT2D eigenvalue weighted by Gasteiger charge is -2.11. The monoisotopic (exact) mass is 284 g/mol. The molecule has 4 nitrogen and oxygen atoms in total. The summed E-state index contributed by atoms with van der Waals surface area (Å²) in [6.45, 7) is 7.28. The second kappa shape index (κ2) is 4.49. The summed E-state index contributed by atoms with van der Waals surface area (Å²) in [5.41, 5.74) is 0.263. The first kappa shape index (κ1) is 13.8. The van der Waals surface area contributed by atoms with E-state index < -0.39 is 17.0 Å². The van der Waals surface area contributed by atoms with E-state index in [-0.39, 0.29) is 11.6 Å². The topological polar surface area (TPSA) is 48.0 Å². The summed E-state index contributed by atoms with van der Waals surface area (Å²) in [5, 5.41) is 4.34. The number of hydrogen-bond donors (Lipinski definition) is 0. The van der Waals surface area contributed by atoms with Crippen LogP contribution in [0.15, 0.2) is 21.3 Å². The molecular weight excluding hydrogens is 271 g/mol. The molecule has 0 N–H and O–H groups in total. The number of hydrogen-bond acceptors (Lipinski definition) is 3. The van der Waals surface area contributed by atoms with Crippen molar-refractivity contribution < 1.29 is 8.81 Å². The van der Waals surface area contributed by atoms with Crippen molar-refractivity contribution in [2.24, 2.45) is 0 Å². The van der Waals surface area contributed by atoms with E-state index in [1.165, 1.54) is 6.07 Å². The number of benzene rings is 1. The van der Waals surface area contributed by atoms with Gasteiger partial charge >= 0.3 is 5.76 Å². The standard InChI is InChI=1S/C13H14ClFN2O2/c1-7-5-10(9(15)6-8(7)14)17-12(18)19-11(16-17)13(2,3)4/h5-6H,1-4H3. The third kappa shape index (κ3) is 2.56. The molecule has 1 heterocycles. The summed E-state index contributed by atoms with van der Waals surface area (Å²) in [6.07, 6.45) is 0. The summed E-state index contributed by atoms with van der Waals surface area (Å²) >= 11 is 5.82. The van der Waals surface area contributed by atoms with Crippen molar-refractivity contribution in [3.05, 3.63) is 45.0 Å². The molecule has 0 aliphatic rings. The van der Waals surface area contributed by atoms with Crippen LogP contribution in [0.5, 0.6) is 0 Å². The summed E-state index contributed by atoms with van der Waals surface area (Å²) in [7, 11) is 0. The Morgan fingerprint density at radius 1 is 1.37 bits per heavy atom. The average molecular weight is 285 g/mol. The fraction of sp³-hybridized carbons (Fsp3) is 0.385. The highest BCUT2D eigenvalue weighted by molar-refractivity contribution is 6.31. The zero-order valence-corrected chi connectivity index (χ0v) is 11.9. The van der Waals surface area contributed by atoms with Gasteiger partial charge in [-0.1, -0.05) is 32.4 Å². The molecule has 0 unspecified atom stereocenters. The van der Waals surface area contributed by atoms with Crippen LogP contribution in [0.4, 0.5) is 4.39 Å². The zero-order valence-electron chi connectivity index (χ0n) is 11.1. The van der Waals surface area contributed by atoms with E-state index in [9.17, 15) is 9.18 Å². The van der Waals surface area contributed by atoms with Gasteiger partial charge in [-0.2, -0.15) is 4.68 Å². The fourth-order valence-corrected chi connectivity index (χ4v) is 1.69. The summed E-state index contributed by atoms with van der Waals surface area (Å²) in [5.74, 6) is -1.08. The lowest BCUT2D eigenvalue weighted by Crippen LogP contribution is -2.16. The second-order valence-corrected chi connectivity index (χ2v) is 5.79. The van der Waals surface area contributed by atoms with Crippen LogP contribution in [-0.2, 0) is 5.41 Å². The van der Waals surface area contributed by atoms with E-state index in [1.54, 1.807) is 6.92 Å². The predicted octanol–water partition coefficient (Wildman–Crippen LogP) is 3.22. The van der Waals surface area contributed by atoms with Gasteiger partial charge in [-0.3, -0.25) is 0 Å². The number of nitrogens with zero attached hydrogens (tertiary/aromatic N) is 2. The van der Waals surface area contributed by atoms with Gasteiger partial charge in [-0.15, -0.1) is 5.10 Å². The maximum Gasteiger partial charge on any atom is 0.442 e. The van der Waals surface area contributed by atoms with E-state index in [0.29, 0.717) is 10.6 Å². The van der Waals surface area contributed by atoms with Crippen molar-refractivity contribution >= 4 is 11.6 Å². The molecule has 0 aliphatic heterocycles. The van der Waals surface area contributed by atoms with E-state index in [4.69, 9.17) is 16.0 Å². The third-order valence-corrected chi connectivity index (χ3v) is 3.05. The molecule has 0 aliphatic carbocycles. The van der Waals surface area contributed by atoms with Gasteiger partial charge in [0.05, 0.1) is 0 Å². The van der Waals surface area contributed by atoms with Crippen molar-refractivity contribution in [2.45, 2.75) is 33.1 Å². The van der Waals surface area contributed by atoms with Crippen molar-refractivity contribution in [1.82, 2.24) is 9.78 Å². The molecule has 6 heteroatoms. The summed E-state index contributed by atoms with van der Waals surface area (Å²) < 4.78 is 19.8. The van der Waals surface area contributed by atoms with Crippen molar-refractivity contribution in [3.8, 4) is 5.69 Å².